The predicted molar refractivity (Wildman–Crippen MR) is 77.6 cm³/mol. The van der Waals surface area contributed by atoms with Gasteiger partial charge in [-0.05, 0) is 41.5 Å². The van der Waals surface area contributed by atoms with Crippen LogP contribution in [0.3, 0.4) is 0 Å². The van der Waals surface area contributed by atoms with Gasteiger partial charge < -0.3 is 20.1 Å². The van der Waals surface area contributed by atoms with Crippen molar-refractivity contribution in [3.8, 4) is 0 Å². The van der Waals surface area contributed by atoms with Crippen LogP contribution in [0, 0.1) is 0 Å². The van der Waals surface area contributed by atoms with E-state index in [9.17, 15) is 9.59 Å². The Morgan fingerprint density at radius 3 is 1.35 bits per heavy atom. The van der Waals surface area contributed by atoms with Crippen LogP contribution in [0.4, 0.5) is 9.59 Å². The molecule has 0 aliphatic rings. The van der Waals surface area contributed by atoms with E-state index in [0.29, 0.717) is 13.1 Å². The minimum atomic E-state index is -0.508. The molecule has 0 unspecified atom stereocenters. The molecule has 0 heterocycles. The fourth-order valence-corrected chi connectivity index (χ4v) is 1.08. The summed E-state index contributed by atoms with van der Waals surface area (Å²) in [6.45, 7) is 11.5. The van der Waals surface area contributed by atoms with E-state index >= 15 is 0 Å². The highest BCUT2D eigenvalue weighted by atomic mass is 16.6. The molecule has 6 nitrogen and oxygen atoms in total. The molecule has 0 spiro atoms. The van der Waals surface area contributed by atoms with Crippen molar-refractivity contribution in [1.82, 2.24) is 10.6 Å². The van der Waals surface area contributed by atoms with Crippen LogP contribution in [0.2, 0.25) is 0 Å². The molecule has 0 fully saturated rings. The van der Waals surface area contributed by atoms with Crippen molar-refractivity contribution in [2.75, 3.05) is 13.1 Å². The Balaban J connectivity index is 3.73. The van der Waals surface area contributed by atoms with Gasteiger partial charge in [-0.25, -0.2) is 9.59 Å². The highest BCUT2D eigenvalue weighted by Gasteiger charge is 2.15. The second-order valence-electron chi connectivity index (χ2n) is 6.24. The number of carbonyl (C=O) groups excluding carboxylic acids is 2. The Labute approximate surface area is 120 Å². The molecule has 2 amide bonds. The van der Waals surface area contributed by atoms with Crippen molar-refractivity contribution in [3.63, 3.8) is 0 Å². The van der Waals surface area contributed by atoms with Gasteiger partial charge in [0.15, 0.2) is 0 Å². The fraction of sp³-hybridized carbons (Fsp3) is 0.714. The minimum Gasteiger partial charge on any atom is -0.444 e. The Kier molecular flexibility index (Phi) is 7.10. The third-order valence-corrected chi connectivity index (χ3v) is 1.69. The summed E-state index contributed by atoms with van der Waals surface area (Å²) in [5, 5.41) is 5.15. The molecule has 0 atom stereocenters. The zero-order chi connectivity index (χ0) is 15.8. The number of nitrogens with one attached hydrogen (secondary N) is 2. The van der Waals surface area contributed by atoms with Crippen LogP contribution in [0.25, 0.3) is 0 Å². The smallest absolute Gasteiger partial charge is 0.407 e. The van der Waals surface area contributed by atoms with E-state index < -0.39 is 23.4 Å². The first kappa shape index (κ1) is 18.3. The molecular formula is C14H26N2O4. The number of amides is 2. The highest BCUT2D eigenvalue weighted by molar-refractivity contribution is 5.68. The summed E-state index contributed by atoms with van der Waals surface area (Å²) in [7, 11) is 0. The molecule has 0 rings (SSSR count). The average Bonchev–Trinajstić information content (AvgIpc) is 2.17. The molecular weight excluding hydrogens is 260 g/mol. The van der Waals surface area contributed by atoms with Crippen LogP contribution >= 0.6 is 0 Å². The van der Waals surface area contributed by atoms with Crippen LogP contribution in [-0.4, -0.2) is 36.5 Å². The maximum atomic E-state index is 11.3. The standard InChI is InChI=1S/C14H26N2O4/c1-13(2,3)19-11(17)15-9-7-8-10-16-12(18)20-14(4,5)6/h7-8H,9-10H2,1-6H3,(H,15,17)(H,16,18)/b8-7+. The number of hydrogen-bond acceptors (Lipinski definition) is 4. The third kappa shape index (κ3) is 12.7. The lowest BCUT2D eigenvalue weighted by Crippen LogP contribution is -2.33. The molecule has 20 heavy (non-hydrogen) atoms. The molecule has 6 heteroatoms. The summed E-state index contributed by atoms with van der Waals surface area (Å²) < 4.78 is 10.1. The van der Waals surface area contributed by atoms with Crippen molar-refractivity contribution in [1.29, 1.82) is 0 Å². The molecule has 0 saturated heterocycles. The van der Waals surface area contributed by atoms with Crippen molar-refractivity contribution < 1.29 is 19.1 Å². The summed E-state index contributed by atoms with van der Waals surface area (Å²) in [4.78, 5) is 22.6. The largest absolute Gasteiger partial charge is 0.444 e. The second-order valence-corrected chi connectivity index (χ2v) is 6.24. The van der Waals surface area contributed by atoms with Crippen molar-refractivity contribution in [2.24, 2.45) is 0 Å². The fourth-order valence-electron chi connectivity index (χ4n) is 1.08. The molecule has 0 saturated carbocycles. The predicted octanol–water partition coefficient (Wildman–Crippen LogP) is 2.59. The van der Waals surface area contributed by atoms with E-state index in [-0.39, 0.29) is 0 Å². The second kappa shape index (κ2) is 7.77. The number of ether oxygens (including phenoxy) is 2. The van der Waals surface area contributed by atoms with E-state index in [4.69, 9.17) is 9.47 Å². The number of hydrogen-bond donors (Lipinski definition) is 2. The van der Waals surface area contributed by atoms with Crippen LogP contribution in [-0.2, 0) is 9.47 Å². The topological polar surface area (TPSA) is 76.7 Å². The summed E-state index contributed by atoms with van der Waals surface area (Å²) in [5.41, 5.74) is -1.02. The SMILES string of the molecule is CC(C)(C)OC(=O)NC/C=C/CNC(=O)OC(C)(C)C. The number of rotatable bonds is 4. The van der Waals surface area contributed by atoms with Gasteiger partial charge in [0, 0.05) is 13.1 Å². The molecule has 0 radical (unpaired) electrons. The average molecular weight is 286 g/mol. The van der Waals surface area contributed by atoms with Gasteiger partial charge in [0.2, 0.25) is 0 Å². The summed E-state index contributed by atoms with van der Waals surface area (Å²) in [6, 6.07) is 0. The lowest BCUT2D eigenvalue weighted by atomic mass is 10.2. The molecule has 2 N–H and O–H groups in total. The van der Waals surface area contributed by atoms with E-state index in [2.05, 4.69) is 10.6 Å². The molecule has 0 aliphatic carbocycles. The van der Waals surface area contributed by atoms with Gasteiger partial charge in [-0.15, -0.1) is 0 Å². The normalized spacial score (nSPS) is 12.1. The monoisotopic (exact) mass is 286 g/mol. The molecule has 0 aromatic heterocycles. The van der Waals surface area contributed by atoms with Crippen LogP contribution < -0.4 is 10.6 Å². The summed E-state index contributed by atoms with van der Waals surface area (Å²) in [5.74, 6) is 0. The minimum absolute atomic E-state index is 0.338. The quantitative estimate of drug-likeness (QED) is 0.779. The van der Waals surface area contributed by atoms with Gasteiger partial charge >= 0.3 is 12.2 Å². The van der Waals surface area contributed by atoms with Crippen LogP contribution in [0.15, 0.2) is 12.2 Å². The molecule has 116 valence electrons. The van der Waals surface area contributed by atoms with Crippen molar-refractivity contribution >= 4 is 12.2 Å². The van der Waals surface area contributed by atoms with E-state index in [1.807, 2.05) is 0 Å². The third-order valence-electron chi connectivity index (χ3n) is 1.69. The van der Waals surface area contributed by atoms with Gasteiger partial charge in [-0.2, -0.15) is 0 Å². The van der Waals surface area contributed by atoms with E-state index in [1.165, 1.54) is 0 Å². The maximum Gasteiger partial charge on any atom is 0.407 e. The first-order valence-corrected chi connectivity index (χ1v) is 6.58. The van der Waals surface area contributed by atoms with Gasteiger partial charge in [-0.1, -0.05) is 12.2 Å². The first-order chi connectivity index (χ1) is 8.99. The maximum absolute atomic E-state index is 11.3. The summed E-state index contributed by atoms with van der Waals surface area (Å²) >= 11 is 0. The Hall–Kier alpha value is -1.72. The van der Waals surface area contributed by atoms with Gasteiger partial charge in [-0.3, -0.25) is 0 Å². The zero-order valence-corrected chi connectivity index (χ0v) is 13.2. The molecule has 0 aromatic rings. The van der Waals surface area contributed by atoms with Crippen LogP contribution in [0.5, 0.6) is 0 Å². The first-order valence-electron chi connectivity index (χ1n) is 6.58. The Morgan fingerprint density at radius 1 is 0.800 bits per heavy atom. The van der Waals surface area contributed by atoms with Gasteiger partial charge in [0.05, 0.1) is 0 Å². The zero-order valence-electron chi connectivity index (χ0n) is 13.2. The Bertz CT molecular complexity index is 317. The van der Waals surface area contributed by atoms with Gasteiger partial charge in [0.25, 0.3) is 0 Å². The van der Waals surface area contributed by atoms with Crippen LogP contribution in [0.1, 0.15) is 41.5 Å². The molecule has 0 bridgehead atoms. The highest BCUT2D eigenvalue weighted by Crippen LogP contribution is 2.06. The van der Waals surface area contributed by atoms with Crippen molar-refractivity contribution in [3.05, 3.63) is 12.2 Å². The Morgan fingerprint density at radius 2 is 1.10 bits per heavy atom. The molecule has 0 aromatic carbocycles. The van der Waals surface area contributed by atoms with E-state index in [1.54, 1.807) is 53.7 Å². The van der Waals surface area contributed by atoms with Crippen molar-refractivity contribution in [2.45, 2.75) is 52.7 Å². The lowest BCUT2D eigenvalue weighted by molar-refractivity contribution is 0.0520. The number of carbonyl (C=O) groups is 2. The van der Waals surface area contributed by atoms with E-state index in [0.717, 1.165) is 0 Å². The number of alkyl carbamates (subject to hydrolysis) is 2. The van der Waals surface area contributed by atoms with Gasteiger partial charge in [0.1, 0.15) is 11.2 Å². The summed E-state index contributed by atoms with van der Waals surface area (Å²) in [6.07, 6.45) is 2.51. The lowest BCUT2D eigenvalue weighted by Gasteiger charge is -2.19. The molecule has 0 aliphatic heterocycles.